The molecule has 4 atom stereocenters. The molecule has 105 heavy (non-hydrogen) atoms. The summed E-state index contributed by atoms with van der Waals surface area (Å²) in [6.07, 6.45) is -145. The van der Waals surface area contributed by atoms with Crippen molar-refractivity contribution in [3.05, 3.63) is 0 Å². The van der Waals surface area contributed by atoms with Crippen LogP contribution in [0.4, 0.5) is 176 Å². The molecular weight excluding hydrogens is 1610 g/mol. The van der Waals surface area contributed by atoms with Gasteiger partial charge in [0.1, 0.15) is 64.1 Å². The molecule has 17 nitrogen and oxygen atoms in total. The van der Waals surface area contributed by atoms with Crippen LogP contribution >= 0.6 is 0 Å². The number of rotatable bonds is 52. The van der Waals surface area contributed by atoms with Crippen LogP contribution in [0, 0.1) is 22.7 Å². The van der Waals surface area contributed by atoms with E-state index in [4.69, 9.17) is 0 Å². The van der Waals surface area contributed by atoms with Crippen LogP contribution in [-0.4, -0.2) is 251 Å². The predicted molar refractivity (Wildman–Crippen MR) is 241 cm³/mol. The Bertz CT molecular complexity index is 2410. The minimum atomic E-state index is -11.2. The van der Waals surface area contributed by atoms with Crippen LogP contribution in [0.3, 0.4) is 0 Å². The first-order valence-electron chi connectivity index (χ1n) is 28.3. The number of hydrogen-bond acceptors (Lipinski definition) is 17. The molecule has 2 saturated carbocycles. The molecule has 0 N–H and O–H groups in total. The second-order valence-electron chi connectivity index (χ2n) is 23.5. The van der Waals surface area contributed by atoms with Crippen LogP contribution in [-0.2, 0) is 80.5 Å². The molecule has 6 fully saturated rings. The van der Waals surface area contributed by atoms with Crippen molar-refractivity contribution < 1.29 is 256 Å². The van der Waals surface area contributed by atoms with Crippen LogP contribution in [0.5, 0.6) is 0 Å². The Labute approximate surface area is 555 Å². The molecule has 0 aromatic carbocycles. The average Bonchev–Trinajstić information content (AvgIpc) is 1.54. The maximum Gasteiger partial charge on any atom is 0.426 e. The standard InChI is InChI=1S/C48H46F40O17/c49-27(50,15-89-5-21-1-2-21)35(61,62)99-41(73,74)33(43(77,78)101-37(65,66)29(53,54)17-91-7-23-11-95-23,44(79,80)102-38(67,68)30(55,56)18-92-8-24-12-96-24)47(85,86)105-48(87,88)34(42(75,76)100-36(63,64)28(51,52)16-90-6-22-3-4-22,45(81,82)103-39(69,70)31(57,58)19-93-9-25-13-97-25)46(83,84)104-40(71,72)32(59,60)20-94-10-26-14-98-26/h21-26H,1-20H2. The van der Waals surface area contributed by atoms with Gasteiger partial charge in [-0.05, 0) is 37.5 Å². The summed E-state index contributed by atoms with van der Waals surface area (Å²) in [5.74, 6) is -47.3. The average molecular weight is 1650 g/mol. The highest BCUT2D eigenvalue weighted by Gasteiger charge is 3.03. The first-order chi connectivity index (χ1) is 46.9. The Hall–Kier alpha value is -3.48. The van der Waals surface area contributed by atoms with Crippen molar-refractivity contribution in [1.29, 1.82) is 0 Å². The molecule has 0 bridgehead atoms. The highest BCUT2D eigenvalue weighted by molar-refractivity contribution is 5.13. The van der Waals surface area contributed by atoms with Crippen molar-refractivity contribution in [1.82, 2.24) is 0 Å². The summed E-state index contributed by atoms with van der Waals surface area (Å²) in [4.78, 5) is 0. The monoisotopic (exact) mass is 1650 g/mol. The lowest BCUT2D eigenvalue weighted by atomic mass is 9.78. The zero-order valence-corrected chi connectivity index (χ0v) is 50.7. The van der Waals surface area contributed by atoms with Gasteiger partial charge in [-0.2, -0.15) is 176 Å². The van der Waals surface area contributed by atoms with E-state index in [9.17, 15) is 0 Å². The molecule has 0 radical (unpaired) electrons. The molecule has 6 aliphatic rings. The van der Waals surface area contributed by atoms with E-state index in [1.54, 1.807) is 0 Å². The highest BCUT2D eigenvalue weighted by Crippen LogP contribution is 2.75. The SMILES string of the molecule is FC(F)(COCC1CC1)C(F)(F)OC(F)(F)C(C(F)(F)OC(F)(F)C(F)(F)COCC1CO1)(C(F)(F)OC(F)(F)C(F)(F)COCC1CO1)C(F)(F)OC(F)(F)C(C(F)(F)OC(F)(F)C(F)(F)COCC1CC1)(C(F)(F)OC(F)(F)C(F)(F)COCC1CO1)C(F)(F)OC(F)(F)C(F)(F)COCC1CO1. The number of hydrogen-bond donors (Lipinski definition) is 0. The summed E-state index contributed by atoms with van der Waals surface area (Å²) in [7, 11) is 0. The van der Waals surface area contributed by atoms with E-state index >= 15 is 176 Å². The van der Waals surface area contributed by atoms with E-state index in [0.29, 0.717) is 0 Å². The van der Waals surface area contributed by atoms with Gasteiger partial charge in [-0.3, -0.25) is 4.74 Å². The van der Waals surface area contributed by atoms with E-state index in [1.807, 2.05) is 0 Å². The van der Waals surface area contributed by atoms with E-state index in [1.165, 1.54) is 28.4 Å². The number of ether oxygens (including phenoxy) is 17. The van der Waals surface area contributed by atoms with E-state index in [0.717, 1.165) is 4.74 Å². The number of halogens is 40. The smallest absolute Gasteiger partial charge is 0.375 e. The summed E-state index contributed by atoms with van der Waals surface area (Å²) in [6.45, 7) is -34.9. The Morgan fingerprint density at radius 1 is 0.190 bits per heavy atom. The van der Waals surface area contributed by atoms with Crippen LogP contribution < -0.4 is 0 Å². The summed E-state index contributed by atoms with van der Waals surface area (Å²) >= 11 is 0. The molecular formula is C48H46F40O17. The quantitative estimate of drug-likeness (QED) is 0.0416. The molecule has 0 spiro atoms. The summed E-state index contributed by atoms with van der Waals surface area (Å²) < 4.78 is 695. The third-order valence-corrected chi connectivity index (χ3v) is 14.5. The minimum Gasteiger partial charge on any atom is -0.375 e. The maximum atomic E-state index is 17.6. The topological polar surface area (TPSA) is 170 Å². The Morgan fingerprint density at radius 2 is 0.314 bits per heavy atom. The van der Waals surface area contributed by atoms with Crippen LogP contribution in [0.15, 0.2) is 0 Å². The van der Waals surface area contributed by atoms with Gasteiger partial charge in [-0.15, -0.1) is 0 Å². The Morgan fingerprint density at radius 3 is 0.438 bits per heavy atom. The summed E-state index contributed by atoms with van der Waals surface area (Å²) in [5, 5.41) is 0. The molecule has 0 amide bonds. The lowest BCUT2D eigenvalue weighted by molar-refractivity contribution is -0.647. The van der Waals surface area contributed by atoms with Gasteiger partial charge >= 0.3 is 132 Å². The van der Waals surface area contributed by atoms with Crippen LogP contribution in [0.1, 0.15) is 25.7 Å². The largest absolute Gasteiger partial charge is 0.426 e. The van der Waals surface area contributed by atoms with Gasteiger partial charge in [0.15, 0.2) is 0 Å². The molecule has 0 aromatic heterocycles. The Kier molecular flexibility index (Phi) is 25.5. The fourth-order valence-corrected chi connectivity index (χ4v) is 7.93. The zero-order chi connectivity index (χ0) is 80.6. The third-order valence-electron chi connectivity index (χ3n) is 14.5. The molecule has 4 heterocycles. The van der Waals surface area contributed by atoms with Crippen LogP contribution in [0.2, 0.25) is 0 Å². The van der Waals surface area contributed by atoms with Crippen molar-refractivity contribution >= 4 is 0 Å². The van der Waals surface area contributed by atoms with Crippen molar-refractivity contribution in [3.63, 3.8) is 0 Å². The van der Waals surface area contributed by atoms with E-state index < -0.39 is 274 Å². The van der Waals surface area contributed by atoms with E-state index in [2.05, 4.69) is 47.4 Å². The van der Waals surface area contributed by atoms with Gasteiger partial charge in [0.25, 0.3) is 0 Å². The van der Waals surface area contributed by atoms with Crippen LogP contribution in [0.25, 0.3) is 0 Å². The second kappa shape index (κ2) is 29.6. The predicted octanol–water partition coefficient (Wildman–Crippen LogP) is 13.7. The normalized spacial score (nSPS) is 22.9. The fourth-order valence-electron chi connectivity index (χ4n) is 7.93. The zero-order valence-electron chi connectivity index (χ0n) is 50.7. The molecule has 2 aliphatic carbocycles. The molecule has 6 rings (SSSR count). The fraction of sp³-hybridized carbons (Fsp3) is 1.00. The minimum absolute atomic E-state index is 0.251. The van der Waals surface area contributed by atoms with E-state index in [-0.39, 0.29) is 25.7 Å². The van der Waals surface area contributed by atoms with Crippen molar-refractivity contribution in [2.45, 2.75) is 171 Å². The first kappa shape index (κ1) is 90.4. The van der Waals surface area contributed by atoms with Gasteiger partial charge in [-0.1, -0.05) is 0 Å². The molecule has 4 saturated heterocycles. The Balaban J connectivity index is 1.78. The molecule has 0 aromatic rings. The molecule has 4 aliphatic heterocycles. The van der Waals surface area contributed by atoms with Gasteiger partial charge in [0, 0.05) is 13.2 Å². The number of alkyl halides is 40. The highest BCUT2D eigenvalue weighted by atomic mass is 19.4. The lowest BCUT2D eigenvalue weighted by Gasteiger charge is -2.54. The van der Waals surface area contributed by atoms with Gasteiger partial charge in [-0.25, -0.2) is 28.4 Å². The lowest BCUT2D eigenvalue weighted by Crippen LogP contribution is -2.81. The van der Waals surface area contributed by atoms with Gasteiger partial charge in [0.2, 0.25) is 0 Å². The maximum absolute atomic E-state index is 17.6. The summed E-state index contributed by atoms with van der Waals surface area (Å²) in [6, 6.07) is 0. The first-order valence-corrected chi connectivity index (χ1v) is 28.3. The molecule has 620 valence electrons. The molecule has 57 heteroatoms. The van der Waals surface area contributed by atoms with Crippen molar-refractivity contribution in [2.75, 3.05) is 106 Å². The molecule has 4 unspecified atom stereocenters. The van der Waals surface area contributed by atoms with Gasteiger partial charge < -0.3 is 47.4 Å². The van der Waals surface area contributed by atoms with Crippen molar-refractivity contribution in [3.8, 4) is 0 Å². The summed E-state index contributed by atoms with van der Waals surface area (Å²) in [5.41, 5.74) is -22.5. The second-order valence-corrected chi connectivity index (χ2v) is 23.5. The van der Waals surface area contributed by atoms with Gasteiger partial charge in [0.05, 0.1) is 52.9 Å². The number of epoxide rings is 4. The third kappa shape index (κ3) is 19.4. The van der Waals surface area contributed by atoms with Crippen molar-refractivity contribution in [2.24, 2.45) is 22.7 Å².